The highest BCUT2D eigenvalue weighted by Crippen LogP contribution is 2.66. The average molecular weight is 533 g/mol. The Morgan fingerprint density at radius 2 is 1.45 bits per heavy atom. The number of hydrogen-bond acceptors (Lipinski definition) is 2. The number of nitrogens with zero attached hydrogens (tertiary/aromatic N) is 1. The molecule has 0 aromatic heterocycles. The molecule has 1 aliphatic heterocycles. The zero-order valence-corrected chi connectivity index (χ0v) is 19.1. The third kappa shape index (κ3) is 2.58. The van der Waals surface area contributed by atoms with Crippen LogP contribution in [0.25, 0.3) is 0 Å². The van der Waals surface area contributed by atoms with Crippen LogP contribution in [0.5, 0.6) is 0 Å². The van der Waals surface area contributed by atoms with Crippen LogP contribution in [0.15, 0.2) is 66.7 Å². The number of anilines is 1. The van der Waals surface area contributed by atoms with Crippen LogP contribution in [-0.2, 0) is 20.1 Å². The number of carbonyl (C=O) groups excluding carboxylic acids is 2. The fourth-order valence-electron chi connectivity index (χ4n) is 5.80. The van der Waals surface area contributed by atoms with Gasteiger partial charge in [-0.2, -0.15) is 13.2 Å². The number of alkyl halides is 4. The van der Waals surface area contributed by atoms with Gasteiger partial charge < -0.3 is 0 Å². The van der Waals surface area contributed by atoms with Crippen molar-refractivity contribution in [3.63, 3.8) is 0 Å². The Bertz CT molecular complexity index is 1320. The fraction of sp³-hybridized carbons (Fsp3) is 0.200. The molecule has 166 valence electrons. The van der Waals surface area contributed by atoms with Gasteiger partial charge in [-0.1, -0.05) is 76.1 Å². The minimum atomic E-state index is -4.71. The van der Waals surface area contributed by atoms with Crippen molar-refractivity contribution in [2.45, 2.75) is 16.4 Å². The van der Waals surface area contributed by atoms with Gasteiger partial charge in [0.1, 0.15) is 0 Å². The number of benzene rings is 3. The zero-order valence-electron chi connectivity index (χ0n) is 16.7. The highest BCUT2D eigenvalue weighted by atomic mass is 79.9. The molecule has 3 aromatic carbocycles. The van der Waals surface area contributed by atoms with E-state index in [1.165, 1.54) is 6.07 Å². The molecular formula is C25H14BrClF3NO2. The number of carbonyl (C=O) groups is 2. The molecular weight excluding hydrogens is 519 g/mol. The Morgan fingerprint density at radius 1 is 0.879 bits per heavy atom. The number of imide groups is 1. The van der Waals surface area contributed by atoms with Crippen molar-refractivity contribution in [2.75, 3.05) is 4.90 Å². The Labute approximate surface area is 200 Å². The summed E-state index contributed by atoms with van der Waals surface area (Å²) in [6, 6.07) is 18.5. The Kier molecular flexibility index (Phi) is 4.25. The predicted octanol–water partition coefficient (Wildman–Crippen LogP) is 6.26. The molecule has 4 aliphatic rings. The summed E-state index contributed by atoms with van der Waals surface area (Å²) < 4.78 is 39.5. The molecule has 2 atom stereocenters. The van der Waals surface area contributed by atoms with E-state index in [9.17, 15) is 22.8 Å². The maximum absolute atomic E-state index is 13.8. The second-order valence-electron chi connectivity index (χ2n) is 8.54. The van der Waals surface area contributed by atoms with Crippen LogP contribution in [0.2, 0.25) is 5.02 Å². The van der Waals surface area contributed by atoms with Crippen molar-refractivity contribution in [3.05, 3.63) is 99.6 Å². The van der Waals surface area contributed by atoms with E-state index in [2.05, 4.69) is 15.9 Å². The summed E-state index contributed by atoms with van der Waals surface area (Å²) in [6.45, 7) is 0. The zero-order chi connectivity index (χ0) is 23.3. The van der Waals surface area contributed by atoms with Gasteiger partial charge in [0.2, 0.25) is 11.8 Å². The molecule has 1 fully saturated rings. The van der Waals surface area contributed by atoms with Crippen LogP contribution in [0, 0.1) is 11.8 Å². The first-order valence-corrected chi connectivity index (χ1v) is 11.4. The quantitative estimate of drug-likeness (QED) is 0.274. The summed E-state index contributed by atoms with van der Waals surface area (Å²) in [5, 5.41) is -0.486. The second-order valence-corrected chi connectivity index (χ2v) is 10.2. The Morgan fingerprint density at radius 3 is 2.03 bits per heavy atom. The van der Waals surface area contributed by atoms with E-state index in [1.807, 2.05) is 48.5 Å². The normalized spacial score (nSPS) is 27.4. The van der Waals surface area contributed by atoms with E-state index < -0.39 is 44.7 Å². The summed E-state index contributed by atoms with van der Waals surface area (Å²) >= 11 is 9.63. The fourth-order valence-corrected chi connectivity index (χ4v) is 7.23. The van der Waals surface area contributed by atoms with Crippen molar-refractivity contribution in [2.24, 2.45) is 11.8 Å². The van der Waals surface area contributed by atoms with Gasteiger partial charge in [-0.15, -0.1) is 0 Å². The molecule has 3 nitrogen and oxygen atoms in total. The van der Waals surface area contributed by atoms with E-state index in [0.29, 0.717) is 0 Å². The standard InChI is InChI=1S/C25H14BrClF3NO2/c26-24-15-7-3-1-5-13(15)19(14-6-2-4-8-16(14)24)20-21(24)23(33)31(22(20)32)12-9-10-18(27)17(11-12)25(28,29)30/h1-11,19-21H/t19?,20-,21+,24?/m1/s1. The van der Waals surface area contributed by atoms with Crippen LogP contribution in [0.1, 0.15) is 33.7 Å². The van der Waals surface area contributed by atoms with Crippen molar-refractivity contribution in [1.29, 1.82) is 0 Å². The number of halogens is 5. The minimum absolute atomic E-state index is 0.125. The monoisotopic (exact) mass is 531 g/mol. The molecule has 0 N–H and O–H groups in total. The van der Waals surface area contributed by atoms with Crippen LogP contribution in [0.3, 0.4) is 0 Å². The maximum atomic E-state index is 13.8. The van der Waals surface area contributed by atoms with Crippen molar-refractivity contribution < 1.29 is 22.8 Å². The van der Waals surface area contributed by atoms with Crippen molar-refractivity contribution >= 4 is 45.0 Å². The third-order valence-electron chi connectivity index (χ3n) is 7.03. The summed E-state index contributed by atoms with van der Waals surface area (Å²) in [6.07, 6.45) is -4.71. The molecule has 0 radical (unpaired) electrons. The molecule has 33 heavy (non-hydrogen) atoms. The smallest absolute Gasteiger partial charge is 0.274 e. The van der Waals surface area contributed by atoms with E-state index >= 15 is 0 Å². The average Bonchev–Trinajstić information content (AvgIpc) is 3.05. The highest BCUT2D eigenvalue weighted by Gasteiger charge is 2.67. The predicted molar refractivity (Wildman–Crippen MR) is 120 cm³/mol. The largest absolute Gasteiger partial charge is 0.417 e. The molecule has 7 rings (SSSR count). The Balaban J connectivity index is 1.56. The van der Waals surface area contributed by atoms with Crippen molar-refractivity contribution in [1.82, 2.24) is 0 Å². The summed E-state index contributed by atoms with van der Waals surface area (Å²) in [4.78, 5) is 28.4. The maximum Gasteiger partial charge on any atom is 0.417 e. The van der Waals surface area contributed by atoms with Crippen LogP contribution in [-0.4, -0.2) is 11.8 Å². The highest BCUT2D eigenvalue weighted by molar-refractivity contribution is 9.09. The van der Waals surface area contributed by atoms with Crippen LogP contribution in [0.4, 0.5) is 18.9 Å². The molecule has 1 saturated heterocycles. The van der Waals surface area contributed by atoms with Gasteiger partial charge in [0, 0.05) is 5.92 Å². The lowest BCUT2D eigenvalue weighted by molar-refractivity contribution is -0.137. The Hall–Kier alpha value is -2.64. The molecule has 3 aliphatic carbocycles. The van der Waals surface area contributed by atoms with Gasteiger partial charge >= 0.3 is 6.18 Å². The van der Waals surface area contributed by atoms with Gasteiger partial charge in [-0.05, 0) is 40.5 Å². The summed E-state index contributed by atoms with van der Waals surface area (Å²) in [5.41, 5.74) is 2.50. The first-order chi connectivity index (χ1) is 15.7. The molecule has 2 bridgehead atoms. The topological polar surface area (TPSA) is 37.4 Å². The first kappa shape index (κ1) is 20.9. The van der Waals surface area contributed by atoms with E-state index in [1.54, 1.807) is 0 Å². The summed E-state index contributed by atoms with van der Waals surface area (Å²) in [7, 11) is 0. The number of hydrogen-bond donors (Lipinski definition) is 0. The van der Waals surface area contributed by atoms with Crippen LogP contribution < -0.4 is 4.90 Å². The number of rotatable bonds is 1. The van der Waals surface area contributed by atoms with Gasteiger partial charge in [-0.3, -0.25) is 9.59 Å². The molecule has 3 aromatic rings. The van der Waals surface area contributed by atoms with E-state index in [4.69, 9.17) is 11.6 Å². The lowest BCUT2D eigenvalue weighted by atomic mass is 9.55. The second kappa shape index (κ2) is 6.70. The number of amides is 2. The molecule has 0 unspecified atom stereocenters. The molecule has 0 saturated carbocycles. The summed E-state index contributed by atoms with van der Waals surface area (Å²) in [5.74, 6) is -2.90. The first-order valence-electron chi connectivity index (χ1n) is 10.3. The minimum Gasteiger partial charge on any atom is -0.274 e. The van der Waals surface area contributed by atoms with E-state index in [0.717, 1.165) is 39.3 Å². The van der Waals surface area contributed by atoms with Gasteiger partial charge in [0.25, 0.3) is 0 Å². The van der Waals surface area contributed by atoms with Crippen molar-refractivity contribution in [3.8, 4) is 0 Å². The molecule has 0 spiro atoms. The lowest BCUT2D eigenvalue weighted by Crippen LogP contribution is -2.50. The van der Waals surface area contributed by atoms with Gasteiger partial charge in [0.15, 0.2) is 0 Å². The SMILES string of the molecule is O=C1[C@@H]2C3c4ccccc4C(Br)(c4ccccc43)[C@@H]2C(=O)N1c1ccc(Cl)c(C(F)(F)F)c1. The lowest BCUT2D eigenvalue weighted by Gasteiger charge is -2.51. The molecule has 1 heterocycles. The van der Waals surface area contributed by atoms with Crippen LogP contribution >= 0.6 is 27.5 Å². The third-order valence-corrected chi connectivity index (χ3v) is 8.71. The van der Waals surface area contributed by atoms with E-state index in [-0.39, 0.29) is 11.6 Å². The van der Waals surface area contributed by atoms with Gasteiger partial charge in [0.05, 0.1) is 32.4 Å². The molecule has 8 heteroatoms. The molecule has 2 amide bonds. The van der Waals surface area contributed by atoms with Gasteiger partial charge in [-0.25, -0.2) is 4.90 Å².